The van der Waals surface area contributed by atoms with E-state index in [1.807, 2.05) is 24.5 Å². The van der Waals surface area contributed by atoms with Gasteiger partial charge >= 0.3 is 0 Å². The lowest BCUT2D eigenvalue weighted by atomic mass is 10.1. The number of hydrogen-bond acceptors (Lipinski definition) is 2. The molecule has 0 saturated heterocycles. The van der Waals surface area contributed by atoms with Gasteiger partial charge in [0.1, 0.15) is 0 Å². The average molecular weight is 176 g/mol. The minimum absolute atomic E-state index is 0.139. The summed E-state index contributed by atoms with van der Waals surface area (Å²) in [4.78, 5) is 10.4. The van der Waals surface area contributed by atoms with Gasteiger partial charge in [0, 0.05) is 0 Å². The Balaban J connectivity index is 2.38. The van der Waals surface area contributed by atoms with E-state index in [9.17, 15) is 4.79 Å². The molecule has 0 aliphatic rings. The van der Waals surface area contributed by atoms with Gasteiger partial charge in [-0.1, -0.05) is 30.3 Å². The van der Waals surface area contributed by atoms with E-state index in [-0.39, 0.29) is 6.04 Å². The molecule has 1 rings (SSSR count). The predicted octanol–water partition coefficient (Wildman–Crippen LogP) is 1.32. The molecule has 0 saturated carbocycles. The maximum absolute atomic E-state index is 10.4. The quantitative estimate of drug-likeness (QED) is 0.733. The minimum atomic E-state index is -0.139. The monoisotopic (exact) mass is 176 g/mol. The average Bonchev–Trinajstić information content (AvgIpc) is 2.21. The second-order valence-electron chi connectivity index (χ2n) is 2.98. The summed E-state index contributed by atoms with van der Waals surface area (Å²) in [5, 5.41) is 2.90. The number of nitrogens with one attached hydrogen (secondary N) is 1. The van der Waals surface area contributed by atoms with E-state index in [2.05, 4.69) is 17.4 Å². The van der Waals surface area contributed by atoms with Crippen LogP contribution in [0.1, 0.15) is 12.0 Å². The molecule has 1 atom stereocenters. The van der Waals surface area contributed by atoms with Gasteiger partial charge in [-0.15, -0.1) is 0 Å². The van der Waals surface area contributed by atoms with Crippen LogP contribution in [0.25, 0.3) is 0 Å². The number of benzene rings is 1. The lowest BCUT2D eigenvalue weighted by Crippen LogP contribution is -2.26. The lowest BCUT2D eigenvalue weighted by Gasteiger charge is -2.06. The van der Waals surface area contributed by atoms with Crippen LogP contribution >= 0.6 is 0 Å². The predicted molar refractivity (Wildman–Crippen MR) is 53.3 cm³/mol. The molecule has 0 aromatic heterocycles. The Kier molecular flexibility index (Phi) is 4.19. The molecule has 1 radical (unpaired) electrons. The van der Waals surface area contributed by atoms with Crippen molar-refractivity contribution in [2.24, 2.45) is 0 Å². The van der Waals surface area contributed by atoms with Crippen LogP contribution < -0.4 is 5.32 Å². The summed E-state index contributed by atoms with van der Waals surface area (Å²) < 4.78 is 0. The zero-order valence-corrected chi connectivity index (χ0v) is 7.79. The summed E-state index contributed by atoms with van der Waals surface area (Å²) in [6.45, 7) is 0. The Bertz CT molecular complexity index is 246. The first-order valence-electron chi connectivity index (χ1n) is 4.45. The van der Waals surface area contributed by atoms with Crippen molar-refractivity contribution in [3.05, 3.63) is 35.9 Å². The number of carbonyl (C=O) groups excluding carboxylic acids is 1. The second-order valence-corrected chi connectivity index (χ2v) is 2.98. The summed E-state index contributed by atoms with van der Waals surface area (Å²) in [7, 11) is 1.78. The smallest absolute Gasteiger partial charge is 0.216 e. The van der Waals surface area contributed by atoms with Gasteiger partial charge < -0.3 is 5.32 Å². The molecule has 0 aliphatic carbocycles. The standard InChI is InChI=1S/C11H14NO/c1-12-11(9-13)8-7-10-5-3-2-4-6-10/h2-6,11-12H,7-8H2,1H3/t11-/m1/s1. The molecule has 1 aromatic rings. The highest BCUT2D eigenvalue weighted by atomic mass is 16.1. The zero-order valence-electron chi connectivity index (χ0n) is 7.79. The van der Waals surface area contributed by atoms with E-state index in [1.54, 1.807) is 7.05 Å². The summed E-state index contributed by atoms with van der Waals surface area (Å²) >= 11 is 0. The van der Waals surface area contributed by atoms with Crippen molar-refractivity contribution in [2.45, 2.75) is 18.9 Å². The minimum Gasteiger partial charge on any atom is -0.310 e. The van der Waals surface area contributed by atoms with Crippen molar-refractivity contribution in [2.75, 3.05) is 7.05 Å². The van der Waals surface area contributed by atoms with Crippen LogP contribution in [-0.2, 0) is 11.2 Å². The summed E-state index contributed by atoms with van der Waals surface area (Å²) in [5.41, 5.74) is 1.26. The second kappa shape index (κ2) is 5.49. The van der Waals surface area contributed by atoms with Gasteiger partial charge in [0.15, 0.2) is 0 Å². The third kappa shape index (κ3) is 3.38. The largest absolute Gasteiger partial charge is 0.310 e. The zero-order chi connectivity index (χ0) is 9.52. The molecule has 0 unspecified atom stereocenters. The van der Waals surface area contributed by atoms with E-state index >= 15 is 0 Å². The van der Waals surface area contributed by atoms with Gasteiger partial charge in [-0.05, 0) is 25.5 Å². The van der Waals surface area contributed by atoms with Crippen molar-refractivity contribution in [3.63, 3.8) is 0 Å². The molecule has 0 heterocycles. The first-order valence-corrected chi connectivity index (χ1v) is 4.45. The Morgan fingerprint density at radius 2 is 2.08 bits per heavy atom. The molecule has 1 aromatic carbocycles. The fourth-order valence-corrected chi connectivity index (χ4v) is 1.22. The van der Waals surface area contributed by atoms with Gasteiger partial charge in [-0.3, -0.25) is 4.79 Å². The summed E-state index contributed by atoms with van der Waals surface area (Å²) in [6, 6.07) is 10.0. The maximum Gasteiger partial charge on any atom is 0.216 e. The molecule has 2 heteroatoms. The molecule has 13 heavy (non-hydrogen) atoms. The topological polar surface area (TPSA) is 29.1 Å². The lowest BCUT2D eigenvalue weighted by molar-refractivity contribution is 0.517. The fraction of sp³-hybridized carbons (Fsp3) is 0.364. The van der Waals surface area contributed by atoms with Crippen molar-refractivity contribution in [1.29, 1.82) is 0 Å². The van der Waals surface area contributed by atoms with Crippen LogP contribution in [-0.4, -0.2) is 19.4 Å². The van der Waals surface area contributed by atoms with Gasteiger partial charge in [0.2, 0.25) is 6.29 Å². The Morgan fingerprint density at radius 3 is 2.62 bits per heavy atom. The van der Waals surface area contributed by atoms with Crippen molar-refractivity contribution in [1.82, 2.24) is 5.32 Å². The molecule has 0 aliphatic heterocycles. The maximum atomic E-state index is 10.4. The van der Waals surface area contributed by atoms with E-state index in [4.69, 9.17) is 0 Å². The molecule has 1 N–H and O–H groups in total. The van der Waals surface area contributed by atoms with Gasteiger partial charge in [-0.2, -0.15) is 0 Å². The highest BCUT2D eigenvalue weighted by molar-refractivity contribution is 5.58. The van der Waals surface area contributed by atoms with Crippen LogP contribution in [0.5, 0.6) is 0 Å². The fourth-order valence-electron chi connectivity index (χ4n) is 1.22. The normalized spacial score (nSPS) is 12.4. The molecule has 0 bridgehead atoms. The van der Waals surface area contributed by atoms with E-state index in [0.29, 0.717) is 0 Å². The molecular formula is C11H14NO. The van der Waals surface area contributed by atoms with Crippen molar-refractivity contribution >= 4 is 6.29 Å². The third-order valence-electron chi connectivity index (χ3n) is 2.06. The first-order chi connectivity index (χ1) is 6.36. The van der Waals surface area contributed by atoms with Gasteiger partial charge in [0.05, 0.1) is 6.04 Å². The summed E-state index contributed by atoms with van der Waals surface area (Å²) in [5.74, 6) is 0. The van der Waals surface area contributed by atoms with Crippen molar-refractivity contribution < 1.29 is 4.79 Å². The molecular weight excluding hydrogens is 162 g/mol. The van der Waals surface area contributed by atoms with Crippen LogP contribution in [0.15, 0.2) is 30.3 Å². The number of aryl methyl sites for hydroxylation is 1. The van der Waals surface area contributed by atoms with Gasteiger partial charge in [-0.25, -0.2) is 0 Å². The van der Waals surface area contributed by atoms with Crippen LogP contribution in [0.4, 0.5) is 0 Å². The van der Waals surface area contributed by atoms with Crippen molar-refractivity contribution in [3.8, 4) is 0 Å². The van der Waals surface area contributed by atoms with Gasteiger partial charge in [0.25, 0.3) is 0 Å². The van der Waals surface area contributed by atoms with Crippen LogP contribution in [0.3, 0.4) is 0 Å². The third-order valence-corrected chi connectivity index (χ3v) is 2.06. The Hall–Kier alpha value is -1.15. The molecule has 69 valence electrons. The summed E-state index contributed by atoms with van der Waals surface area (Å²) in [6.07, 6.45) is 3.69. The van der Waals surface area contributed by atoms with Crippen LogP contribution in [0, 0.1) is 0 Å². The molecule has 0 spiro atoms. The Labute approximate surface area is 79.0 Å². The van der Waals surface area contributed by atoms with E-state index in [0.717, 1.165) is 12.8 Å². The number of hydrogen-bond donors (Lipinski definition) is 1. The SMILES string of the molecule is CN[C@@H]([C]=O)CCc1ccccc1. The van der Waals surface area contributed by atoms with E-state index < -0.39 is 0 Å². The number of rotatable bonds is 5. The van der Waals surface area contributed by atoms with Crippen LogP contribution in [0.2, 0.25) is 0 Å². The highest BCUT2D eigenvalue weighted by Gasteiger charge is 2.04. The molecule has 0 fully saturated rings. The molecule has 2 nitrogen and oxygen atoms in total. The highest BCUT2D eigenvalue weighted by Crippen LogP contribution is 2.03. The van der Waals surface area contributed by atoms with E-state index in [1.165, 1.54) is 5.56 Å². The first kappa shape index (κ1) is 9.93. The Morgan fingerprint density at radius 1 is 1.38 bits per heavy atom. The molecule has 0 amide bonds. The number of likely N-dealkylation sites (N-methyl/N-ethyl adjacent to an activating group) is 1.